The van der Waals surface area contributed by atoms with Gasteiger partial charge in [-0.1, -0.05) is 45.1 Å². The molecule has 1 unspecified atom stereocenters. The van der Waals surface area contributed by atoms with Gasteiger partial charge in [0.2, 0.25) is 0 Å². The maximum Gasteiger partial charge on any atom is 0.192 e. The summed E-state index contributed by atoms with van der Waals surface area (Å²) in [6, 6.07) is 7.89. The summed E-state index contributed by atoms with van der Waals surface area (Å²) in [4.78, 5) is 0. The molecule has 0 radical (unpaired) electrons. The van der Waals surface area contributed by atoms with E-state index in [9.17, 15) is 5.11 Å². The Morgan fingerprint density at radius 2 is 1.74 bits per heavy atom. The van der Waals surface area contributed by atoms with Crippen molar-refractivity contribution in [3.8, 4) is 5.75 Å². The Balaban J connectivity index is 3.17. The average molecular weight is 391 g/mol. The fraction of sp³-hybridized carbons (Fsp3) is 0.565. The van der Waals surface area contributed by atoms with Gasteiger partial charge in [-0.2, -0.15) is 0 Å². The number of hydrogen-bond donors (Lipinski definition) is 1. The predicted molar refractivity (Wildman–Crippen MR) is 118 cm³/mol. The normalized spacial score (nSPS) is 15.7. The first kappa shape index (κ1) is 23.7. The largest absolute Gasteiger partial charge is 0.497 e. The lowest BCUT2D eigenvalue weighted by molar-refractivity contribution is 0.0300. The molecule has 0 fully saturated rings. The van der Waals surface area contributed by atoms with Gasteiger partial charge in [0.05, 0.1) is 12.7 Å². The average Bonchev–Trinajstić information content (AvgIpc) is 2.61. The van der Waals surface area contributed by atoms with E-state index in [0.717, 1.165) is 24.2 Å². The van der Waals surface area contributed by atoms with Crippen molar-refractivity contribution in [2.75, 3.05) is 13.7 Å². The van der Waals surface area contributed by atoms with E-state index in [4.69, 9.17) is 9.16 Å². The van der Waals surface area contributed by atoms with Crippen molar-refractivity contribution in [1.29, 1.82) is 0 Å². The molecule has 1 N–H and O–H groups in total. The van der Waals surface area contributed by atoms with Gasteiger partial charge in [-0.3, -0.25) is 0 Å². The van der Waals surface area contributed by atoms with E-state index in [1.165, 1.54) is 0 Å². The highest BCUT2D eigenvalue weighted by atomic mass is 28.4. The first-order valence-corrected chi connectivity index (χ1v) is 12.7. The molecule has 152 valence electrons. The van der Waals surface area contributed by atoms with Crippen LogP contribution < -0.4 is 4.74 Å². The number of ether oxygens (including phenoxy) is 1. The van der Waals surface area contributed by atoms with E-state index >= 15 is 0 Å². The maximum atomic E-state index is 11.4. The number of benzene rings is 1. The van der Waals surface area contributed by atoms with E-state index in [1.807, 2.05) is 30.3 Å². The van der Waals surface area contributed by atoms with Crippen LogP contribution in [0.25, 0.3) is 0 Å². The molecule has 27 heavy (non-hydrogen) atoms. The third kappa shape index (κ3) is 6.34. The fourth-order valence-electron chi connectivity index (χ4n) is 2.82. The minimum Gasteiger partial charge on any atom is -0.497 e. The van der Waals surface area contributed by atoms with Crippen LogP contribution in [0.5, 0.6) is 5.75 Å². The van der Waals surface area contributed by atoms with Crippen LogP contribution in [0.15, 0.2) is 49.6 Å². The third-order valence-electron chi connectivity index (χ3n) is 5.88. The summed E-state index contributed by atoms with van der Waals surface area (Å²) in [5.74, 6) is 0.622. The zero-order valence-electron chi connectivity index (χ0n) is 18.0. The number of rotatable bonds is 11. The highest BCUT2D eigenvalue weighted by molar-refractivity contribution is 6.74. The van der Waals surface area contributed by atoms with Crippen LogP contribution in [0.4, 0.5) is 0 Å². The van der Waals surface area contributed by atoms with E-state index in [1.54, 1.807) is 13.2 Å². The van der Waals surface area contributed by atoms with Crippen LogP contribution in [0.3, 0.4) is 0 Å². The molecule has 1 rings (SSSR count). The van der Waals surface area contributed by atoms with Gasteiger partial charge in [-0.25, -0.2) is 0 Å². The molecule has 1 aromatic carbocycles. The Kier molecular flexibility index (Phi) is 8.52. The first-order chi connectivity index (χ1) is 12.5. The Bertz CT molecular complexity index is 601. The van der Waals surface area contributed by atoms with Crippen LogP contribution in [-0.4, -0.2) is 32.7 Å². The number of hydrogen-bond acceptors (Lipinski definition) is 3. The van der Waals surface area contributed by atoms with Crippen molar-refractivity contribution in [1.82, 2.24) is 0 Å². The molecule has 0 aliphatic heterocycles. The molecule has 0 heterocycles. The minimum absolute atomic E-state index is 0.118. The summed E-state index contributed by atoms with van der Waals surface area (Å²) in [7, 11) is -0.279. The highest BCUT2D eigenvalue weighted by Gasteiger charge is 2.41. The van der Waals surface area contributed by atoms with Crippen LogP contribution in [0.2, 0.25) is 18.1 Å². The molecule has 4 heteroatoms. The van der Waals surface area contributed by atoms with Crippen LogP contribution >= 0.6 is 0 Å². The van der Waals surface area contributed by atoms with Crippen molar-refractivity contribution in [2.45, 2.75) is 69.7 Å². The molecule has 0 saturated carbocycles. The Hall–Kier alpha value is -1.36. The number of methoxy groups -OCH3 is 1. The molecule has 0 aromatic heterocycles. The van der Waals surface area contributed by atoms with Gasteiger partial charge in [0.15, 0.2) is 8.32 Å². The van der Waals surface area contributed by atoms with Crippen molar-refractivity contribution in [2.24, 2.45) is 0 Å². The number of allylic oxidation sites excluding steroid dienone is 1. The van der Waals surface area contributed by atoms with Gasteiger partial charge in [-0.05, 0) is 55.1 Å². The fourth-order valence-corrected chi connectivity index (χ4v) is 3.84. The molecule has 2 atom stereocenters. The van der Waals surface area contributed by atoms with E-state index in [0.29, 0.717) is 13.0 Å². The smallest absolute Gasteiger partial charge is 0.192 e. The first-order valence-electron chi connectivity index (χ1n) is 9.75. The minimum atomic E-state index is -1.93. The summed E-state index contributed by atoms with van der Waals surface area (Å²) >= 11 is 0. The van der Waals surface area contributed by atoms with Gasteiger partial charge >= 0.3 is 0 Å². The zero-order chi connectivity index (χ0) is 20.7. The summed E-state index contributed by atoms with van der Waals surface area (Å²) in [6.45, 7) is 19.4. The van der Waals surface area contributed by atoms with Crippen LogP contribution in [-0.2, 0) is 4.43 Å². The second-order valence-electron chi connectivity index (χ2n) is 8.77. The van der Waals surface area contributed by atoms with Gasteiger partial charge < -0.3 is 14.3 Å². The summed E-state index contributed by atoms with van der Waals surface area (Å²) in [6.07, 6.45) is 5.92. The second-order valence-corrected chi connectivity index (χ2v) is 13.6. The molecular weight excluding hydrogens is 352 g/mol. The van der Waals surface area contributed by atoms with Crippen molar-refractivity contribution in [3.05, 3.63) is 55.1 Å². The topological polar surface area (TPSA) is 38.7 Å². The summed E-state index contributed by atoms with van der Waals surface area (Å²) < 4.78 is 11.8. The summed E-state index contributed by atoms with van der Waals surface area (Å²) in [5, 5.41) is 11.6. The summed E-state index contributed by atoms with van der Waals surface area (Å²) in [5.41, 5.74) is 0.00970. The number of aliphatic hydroxyl groups is 1. The molecule has 0 saturated heterocycles. The molecular formula is C23H38O3Si. The Labute approximate surface area is 167 Å². The van der Waals surface area contributed by atoms with Gasteiger partial charge in [0, 0.05) is 12.5 Å². The van der Waals surface area contributed by atoms with Gasteiger partial charge in [0.1, 0.15) is 5.75 Å². The Morgan fingerprint density at radius 3 is 2.19 bits per heavy atom. The molecule has 1 aromatic rings. The third-order valence-corrected chi connectivity index (χ3v) is 10.4. The van der Waals surface area contributed by atoms with E-state index in [2.05, 4.69) is 47.0 Å². The van der Waals surface area contributed by atoms with Gasteiger partial charge in [-0.15, -0.1) is 13.2 Å². The lowest BCUT2D eigenvalue weighted by Crippen LogP contribution is -2.45. The van der Waals surface area contributed by atoms with Crippen molar-refractivity contribution < 1.29 is 14.3 Å². The molecule has 0 bridgehead atoms. The monoisotopic (exact) mass is 390 g/mol. The Morgan fingerprint density at radius 1 is 1.15 bits per heavy atom. The number of unbranched alkanes of at least 4 members (excludes halogenated alkanes) is 1. The molecule has 0 aliphatic carbocycles. The molecule has 0 spiro atoms. The highest BCUT2D eigenvalue weighted by Crippen LogP contribution is 2.40. The standard InChI is InChI=1S/C23H38O3Si/c1-9-11-12-17-23(24,10-2)21(18-26-27(7,8)22(3,4)5)19-13-15-20(25-6)16-14-19/h9-10,13-16,21,24H,1-2,11-12,17-18H2,3-8H3/t21-,23?/m0/s1. The lowest BCUT2D eigenvalue weighted by atomic mass is 9.79. The van der Waals surface area contributed by atoms with Crippen molar-refractivity contribution >= 4 is 8.32 Å². The molecule has 0 aliphatic rings. The zero-order valence-corrected chi connectivity index (χ0v) is 19.0. The SMILES string of the molecule is C=CCCCC(O)(C=C)[C@@H](CO[Si](C)(C)C(C)(C)C)c1ccc(OC)cc1. The molecule has 0 amide bonds. The van der Waals surface area contributed by atoms with E-state index in [-0.39, 0.29) is 11.0 Å². The lowest BCUT2D eigenvalue weighted by Gasteiger charge is -2.40. The van der Waals surface area contributed by atoms with Crippen molar-refractivity contribution in [3.63, 3.8) is 0 Å². The maximum absolute atomic E-state index is 11.4. The second kappa shape index (κ2) is 9.72. The predicted octanol–water partition coefficient (Wildman–Crippen LogP) is 6.07. The van der Waals surface area contributed by atoms with E-state index < -0.39 is 13.9 Å². The quantitative estimate of drug-likeness (QED) is 0.283. The molecule has 3 nitrogen and oxygen atoms in total. The van der Waals surface area contributed by atoms with Crippen LogP contribution in [0, 0.1) is 0 Å². The van der Waals surface area contributed by atoms with Gasteiger partial charge in [0.25, 0.3) is 0 Å². The van der Waals surface area contributed by atoms with Crippen LogP contribution in [0.1, 0.15) is 51.5 Å².